The molecule has 0 unspecified atom stereocenters. The molecule has 2 aliphatic rings. The lowest BCUT2D eigenvalue weighted by Crippen LogP contribution is -2.53. The molecule has 3 heterocycles. The third kappa shape index (κ3) is 3.17. The van der Waals surface area contributed by atoms with Crippen LogP contribution in [-0.2, 0) is 15.9 Å². The Kier molecular flexibility index (Phi) is 4.68. The molecule has 1 atom stereocenters. The van der Waals surface area contributed by atoms with E-state index in [4.69, 9.17) is 22.1 Å². The Morgan fingerprint density at radius 3 is 2.80 bits per heavy atom. The molecular formula is C20H23ClFN5O3. The fraction of sp³-hybridized carbons (Fsp3) is 0.450. The first-order valence-corrected chi connectivity index (χ1v) is 10.0. The van der Waals surface area contributed by atoms with Crippen molar-refractivity contribution in [3.8, 4) is 0 Å². The molecule has 1 aromatic heterocycles. The highest BCUT2D eigenvalue weighted by molar-refractivity contribution is 6.31. The minimum atomic E-state index is -1.32. The van der Waals surface area contributed by atoms with Crippen LogP contribution in [-0.4, -0.2) is 39.8 Å². The number of likely N-dealkylation sites (tertiary alicyclic amines) is 1. The Morgan fingerprint density at radius 2 is 2.13 bits per heavy atom. The number of piperidine rings is 1. The molecule has 30 heavy (non-hydrogen) atoms. The molecule has 0 saturated carbocycles. The van der Waals surface area contributed by atoms with Crippen molar-refractivity contribution in [2.75, 3.05) is 24.1 Å². The van der Waals surface area contributed by atoms with Gasteiger partial charge in [-0.05, 0) is 45.7 Å². The van der Waals surface area contributed by atoms with Crippen LogP contribution < -0.4 is 11.1 Å². The van der Waals surface area contributed by atoms with Gasteiger partial charge in [0.05, 0.1) is 34.6 Å². The van der Waals surface area contributed by atoms with Gasteiger partial charge in [0.1, 0.15) is 11.4 Å². The fourth-order valence-corrected chi connectivity index (χ4v) is 4.33. The number of benzene rings is 1. The zero-order chi connectivity index (χ0) is 21.8. The number of ether oxygens (including phenoxy) is 1. The Labute approximate surface area is 178 Å². The predicted molar refractivity (Wildman–Crippen MR) is 110 cm³/mol. The summed E-state index contributed by atoms with van der Waals surface area (Å²) in [4.78, 5) is 27.0. The smallest absolute Gasteiger partial charge is 0.412 e. The number of anilines is 2. The molecule has 10 heteroatoms. The molecular weight excluding hydrogens is 413 g/mol. The Balaban J connectivity index is 1.71. The summed E-state index contributed by atoms with van der Waals surface area (Å²) in [5.74, 6) is -0.756. The minimum Gasteiger partial charge on any atom is -0.436 e. The molecule has 1 aromatic carbocycles. The summed E-state index contributed by atoms with van der Waals surface area (Å²) in [5.41, 5.74) is 5.18. The van der Waals surface area contributed by atoms with E-state index in [9.17, 15) is 14.0 Å². The van der Waals surface area contributed by atoms with Crippen molar-refractivity contribution in [2.24, 2.45) is 0 Å². The SMILES string of the molecule is CC(C)(C)n1ncc(C(=O)N2CCC[C@@]3(C2)OC(=O)Nc2ccc(Cl)c(F)c23)c1N. The van der Waals surface area contributed by atoms with E-state index in [1.165, 1.54) is 23.2 Å². The number of aromatic nitrogens is 2. The molecule has 0 bridgehead atoms. The third-order valence-electron chi connectivity index (χ3n) is 5.49. The summed E-state index contributed by atoms with van der Waals surface area (Å²) in [5, 5.41) is 6.68. The number of fused-ring (bicyclic) bond motifs is 2. The van der Waals surface area contributed by atoms with Crippen molar-refractivity contribution in [3.63, 3.8) is 0 Å². The number of rotatable bonds is 1. The number of carbonyl (C=O) groups excluding carboxylic acids is 2. The molecule has 3 N–H and O–H groups in total. The first-order chi connectivity index (χ1) is 14.0. The van der Waals surface area contributed by atoms with Crippen LogP contribution in [0.5, 0.6) is 0 Å². The summed E-state index contributed by atoms with van der Waals surface area (Å²) >= 11 is 5.99. The highest BCUT2D eigenvalue weighted by Crippen LogP contribution is 2.45. The number of hydrogen-bond acceptors (Lipinski definition) is 5. The molecule has 1 spiro atoms. The van der Waals surface area contributed by atoms with E-state index in [-0.39, 0.29) is 34.4 Å². The van der Waals surface area contributed by atoms with E-state index in [0.717, 1.165) is 0 Å². The monoisotopic (exact) mass is 435 g/mol. The number of hydrogen-bond donors (Lipinski definition) is 2. The lowest BCUT2D eigenvalue weighted by Gasteiger charge is -2.45. The van der Waals surface area contributed by atoms with Crippen LogP contribution in [0, 0.1) is 5.82 Å². The standard InChI is InChI=1S/C20H23ClFN5O3/c1-19(2,3)27-16(23)11(9-24-27)17(28)26-8-4-7-20(10-26)14-13(25-18(29)30-20)6-5-12(21)15(14)22/h5-6,9H,4,7-8,10,23H2,1-3H3,(H,25,29)/t20-/m0/s1. The van der Waals surface area contributed by atoms with Crippen LogP contribution in [0.3, 0.4) is 0 Å². The fourth-order valence-electron chi connectivity index (χ4n) is 4.17. The molecule has 8 nitrogen and oxygen atoms in total. The maximum Gasteiger partial charge on any atom is 0.412 e. The van der Waals surface area contributed by atoms with Gasteiger partial charge in [-0.15, -0.1) is 0 Å². The van der Waals surface area contributed by atoms with Gasteiger partial charge in [0.25, 0.3) is 5.91 Å². The molecule has 1 saturated heterocycles. The van der Waals surface area contributed by atoms with Crippen LogP contribution in [0.4, 0.5) is 20.7 Å². The second-order valence-corrected chi connectivity index (χ2v) is 9.06. The van der Waals surface area contributed by atoms with Crippen LogP contribution in [0.25, 0.3) is 0 Å². The maximum atomic E-state index is 15.0. The van der Waals surface area contributed by atoms with Crippen molar-refractivity contribution in [1.82, 2.24) is 14.7 Å². The first-order valence-electron chi connectivity index (χ1n) is 9.65. The van der Waals surface area contributed by atoms with Gasteiger partial charge < -0.3 is 15.4 Å². The lowest BCUT2D eigenvalue weighted by molar-refractivity contribution is -0.0418. The van der Waals surface area contributed by atoms with Crippen molar-refractivity contribution in [3.05, 3.63) is 40.3 Å². The normalized spacial score (nSPS) is 21.2. The van der Waals surface area contributed by atoms with E-state index in [1.54, 1.807) is 4.68 Å². The molecule has 1 fully saturated rings. The number of nitrogens with zero attached hydrogens (tertiary/aromatic N) is 3. The van der Waals surface area contributed by atoms with Gasteiger partial charge in [-0.25, -0.2) is 13.9 Å². The number of carbonyl (C=O) groups is 2. The molecule has 4 rings (SSSR count). The molecule has 2 aromatic rings. The van der Waals surface area contributed by atoms with Crippen molar-refractivity contribution < 1.29 is 18.7 Å². The van der Waals surface area contributed by atoms with Crippen molar-refractivity contribution in [1.29, 1.82) is 0 Å². The number of amides is 2. The van der Waals surface area contributed by atoms with Crippen LogP contribution in [0.2, 0.25) is 5.02 Å². The minimum absolute atomic E-state index is 0.0103. The van der Waals surface area contributed by atoms with Gasteiger partial charge in [0.15, 0.2) is 11.4 Å². The molecule has 0 aliphatic carbocycles. The summed E-state index contributed by atoms with van der Waals surface area (Å²) in [7, 11) is 0. The predicted octanol–water partition coefficient (Wildman–Crippen LogP) is 3.71. The summed E-state index contributed by atoms with van der Waals surface area (Å²) < 4.78 is 22.2. The van der Waals surface area contributed by atoms with E-state index in [1.807, 2.05) is 20.8 Å². The molecule has 2 amide bonds. The van der Waals surface area contributed by atoms with E-state index in [2.05, 4.69) is 10.4 Å². The number of nitrogens with one attached hydrogen (secondary N) is 1. The largest absolute Gasteiger partial charge is 0.436 e. The second kappa shape index (κ2) is 6.87. The first kappa shape index (κ1) is 20.5. The van der Waals surface area contributed by atoms with E-state index < -0.39 is 23.1 Å². The van der Waals surface area contributed by atoms with Gasteiger partial charge in [-0.2, -0.15) is 5.10 Å². The Bertz CT molecular complexity index is 1050. The highest BCUT2D eigenvalue weighted by Gasteiger charge is 2.49. The van der Waals surface area contributed by atoms with Crippen molar-refractivity contribution in [2.45, 2.75) is 44.8 Å². The molecule has 160 valence electrons. The van der Waals surface area contributed by atoms with Crippen molar-refractivity contribution >= 4 is 35.1 Å². The summed E-state index contributed by atoms with van der Waals surface area (Å²) in [6, 6.07) is 2.91. The van der Waals surface area contributed by atoms with Gasteiger partial charge in [0.2, 0.25) is 0 Å². The topological polar surface area (TPSA) is 102 Å². The van der Waals surface area contributed by atoms with Gasteiger partial charge in [-0.3, -0.25) is 10.1 Å². The Morgan fingerprint density at radius 1 is 1.40 bits per heavy atom. The number of nitrogens with two attached hydrogens (primary N) is 1. The third-order valence-corrected chi connectivity index (χ3v) is 5.78. The summed E-state index contributed by atoms with van der Waals surface area (Å²) in [6.07, 6.45) is 1.62. The molecule has 0 radical (unpaired) electrons. The van der Waals surface area contributed by atoms with Crippen LogP contribution in [0.1, 0.15) is 49.5 Å². The Hall–Kier alpha value is -2.81. The zero-order valence-electron chi connectivity index (χ0n) is 17.0. The summed E-state index contributed by atoms with van der Waals surface area (Å²) in [6.45, 7) is 6.20. The molecule has 2 aliphatic heterocycles. The van der Waals surface area contributed by atoms with Gasteiger partial charge >= 0.3 is 6.09 Å². The number of nitrogen functional groups attached to an aromatic ring is 1. The highest BCUT2D eigenvalue weighted by atomic mass is 35.5. The number of halogens is 2. The zero-order valence-corrected chi connectivity index (χ0v) is 17.7. The average molecular weight is 436 g/mol. The van der Waals surface area contributed by atoms with Crippen LogP contribution >= 0.6 is 11.6 Å². The van der Waals surface area contributed by atoms with E-state index >= 15 is 0 Å². The van der Waals surface area contributed by atoms with E-state index in [0.29, 0.717) is 25.1 Å². The lowest BCUT2D eigenvalue weighted by atomic mass is 9.83. The second-order valence-electron chi connectivity index (χ2n) is 8.65. The van der Waals surface area contributed by atoms with Gasteiger partial charge in [0, 0.05) is 6.54 Å². The van der Waals surface area contributed by atoms with Crippen LogP contribution in [0.15, 0.2) is 18.3 Å². The van der Waals surface area contributed by atoms with Gasteiger partial charge in [-0.1, -0.05) is 11.6 Å². The quantitative estimate of drug-likeness (QED) is 0.710. The maximum absolute atomic E-state index is 15.0. The average Bonchev–Trinajstić information content (AvgIpc) is 3.05.